The molecule has 1 N–H and O–H groups in total. The van der Waals surface area contributed by atoms with Gasteiger partial charge in [-0.15, -0.1) is 0 Å². The van der Waals surface area contributed by atoms with Crippen molar-refractivity contribution in [1.82, 2.24) is 0 Å². The highest BCUT2D eigenvalue weighted by molar-refractivity contribution is 5.25. The Balaban J connectivity index is 2.75. The summed E-state index contributed by atoms with van der Waals surface area (Å²) in [7, 11) is 0. The van der Waals surface area contributed by atoms with Crippen LogP contribution in [-0.2, 0) is 12.6 Å². The maximum Gasteiger partial charge on any atom is 0.416 e. The molecule has 4 heteroatoms. The van der Waals surface area contributed by atoms with Crippen LogP contribution in [0.4, 0.5) is 13.2 Å². The lowest BCUT2D eigenvalue weighted by Gasteiger charge is -2.25. The van der Waals surface area contributed by atoms with Crippen molar-refractivity contribution in [3.05, 3.63) is 35.4 Å². The molecule has 1 aromatic rings. The predicted molar refractivity (Wildman–Crippen MR) is 65.2 cm³/mol. The summed E-state index contributed by atoms with van der Waals surface area (Å²) in [5.74, 6) is 0.342. The van der Waals surface area contributed by atoms with Crippen molar-refractivity contribution in [2.75, 3.05) is 0 Å². The van der Waals surface area contributed by atoms with Crippen LogP contribution >= 0.6 is 0 Å². The molecule has 1 unspecified atom stereocenters. The van der Waals surface area contributed by atoms with Gasteiger partial charge in [0.25, 0.3) is 0 Å². The Labute approximate surface area is 106 Å². The van der Waals surface area contributed by atoms with Gasteiger partial charge in [0.05, 0.1) is 11.2 Å². The second-order valence-electron chi connectivity index (χ2n) is 5.47. The maximum absolute atomic E-state index is 12.4. The lowest BCUT2D eigenvalue weighted by molar-refractivity contribution is -0.137. The van der Waals surface area contributed by atoms with Crippen molar-refractivity contribution in [2.24, 2.45) is 5.92 Å². The zero-order valence-electron chi connectivity index (χ0n) is 10.9. The Morgan fingerprint density at radius 3 is 2.00 bits per heavy atom. The summed E-state index contributed by atoms with van der Waals surface area (Å²) >= 11 is 0. The van der Waals surface area contributed by atoms with Gasteiger partial charge in [0.1, 0.15) is 0 Å². The Bertz CT molecular complexity index is 377. The van der Waals surface area contributed by atoms with Gasteiger partial charge in [-0.25, -0.2) is 0 Å². The van der Waals surface area contributed by atoms with Crippen LogP contribution in [0.3, 0.4) is 0 Å². The standard InChI is InChI=1S/C14H19F3O/c1-10(2)8-13(3,18)9-11-4-6-12(7-5-11)14(15,16)17/h4-7,10,18H,8-9H2,1-3H3. The number of aliphatic hydroxyl groups is 1. The Hall–Kier alpha value is -1.03. The lowest BCUT2D eigenvalue weighted by Crippen LogP contribution is -2.29. The fraction of sp³-hybridized carbons (Fsp3) is 0.571. The molecule has 102 valence electrons. The van der Waals surface area contributed by atoms with Crippen molar-refractivity contribution in [2.45, 2.75) is 45.4 Å². The summed E-state index contributed by atoms with van der Waals surface area (Å²) < 4.78 is 37.1. The molecule has 0 aliphatic heterocycles. The molecule has 0 heterocycles. The van der Waals surface area contributed by atoms with Crippen LogP contribution in [0.5, 0.6) is 0 Å². The summed E-state index contributed by atoms with van der Waals surface area (Å²) in [6.07, 6.45) is -3.32. The number of hydrogen-bond acceptors (Lipinski definition) is 1. The van der Waals surface area contributed by atoms with E-state index in [-0.39, 0.29) is 0 Å². The highest BCUT2D eigenvalue weighted by Crippen LogP contribution is 2.30. The van der Waals surface area contributed by atoms with Gasteiger partial charge in [-0.05, 0) is 37.0 Å². The van der Waals surface area contributed by atoms with E-state index in [0.717, 1.165) is 12.1 Å². The number of alkyl halides is 3. The van der Waals surface area contributed by atoms with Gasteiger partial charge >= 0.3 is 6.18 Å². The molecule has 0 amide bonds. The quantitative estimate of drug-likeness (QED) is 0.866. The minimum atomic E-state index is -4.31. The van der Waals surface area contributed by atoms with Gasteiger partial charge in [0.15, 0.2) is 0 Å². The zero-order chi connectivity index (χ0) is 14.0. The number of benzene rings is 1. The van der Waals surface area contributed by atoms with E-state index in [1.807, 2.05) is 13.8 Å². The molecule has 1 nitrogen and oxygen atoms in total. The van der Waals surface area contributed by atoms with Gasteiger partial charge < -0.3 is 5.11 Å². The first-order chi connectivity index (χ1) is 8.10. The minimum Gasteiger partial charge on any atom is -0.390 e. The molecular formula is C14H19F3O. The molecule has 0 aliphatic rings. The molecule has 0 spiro atoms. The molecule has 0 fully saturated rings. The molecule has 0 radical (unpaired) electrons. The Morgan fingerprint density at radius 1 is 1.11 bits per heavy atom. The summed E-state index contributed by atoms with van der Waals surface area (Å²) in [6.45, 7) is 5.72. The molecule has 1 aromatic carbocycles. The predicted octanol–water partition coefficient (Wildman–Crippen LogP) is 4.05. The first-order valence-corrected chi connectivity index (χ1v) is 5.99. The van der Waals surface area contributed by atoms with E-state index in [2.05, 4.69) is 0 Å². The highest BCUT2D eigenvalue weighted by Gasteiger charge is 2.30. The van der Waals surface area contributed by atoms with Crippen LogP contribution in [0.2, 0.25) is 0 Å². The summed E-state index contributed by atoms with van der Waals surface area (Å²) in [4.78, 5) is 0. The number of halogens is 3. The average Bonchev–Trinajstić information content (AvgIpc) is 2.13. The van der Waals surface area contributed by atoms with Crippen molar-refractivity contribution < 1.29 is 18.3 Å². The molecule has 0 saturated carbocycles. The smallest absolute Gasteiger partial charge is 0.390 e. The molecule has 0 aromatic heterocycles. The van der Waals surface area contributed by atoms with Crippen LogP contribution in [0.1, 0.15) is 38.3 Å². The first-order valence-electron chi connectivity index (χ1n) is 5.99. The SMILES string of the molecule is CC(C)CC(C)(O)Cc1ccc(C(F)(F)F)cc1. The second-order valence-corrected chi connectivity index (χ2v) is 5.47. The largest absolute Gasteiger partial charge is 0.416 e. The minimum absolute atomic E-state index is 0.342. The zero-order valence-corrected chi connectivity index (χ0v) is 10.9. The van der Waals surface area contributed by atoms with Crippen molar-refractivity contribution >= 4 is 0 Å². The Morgan fingerprint density at radius 2 is 1.61 bits per heavy atom. The van der Waals surface area contributed by atoms with Crippen LogP contribution in [0.15, 0.2) is 24.3 Å². The van der Waals surface area contributed by atoms with Gasteiger partial charge in [-0.3, -0.25) is 0 Å². The molecular weight excluding hydrogens is 241 g/mol. The van der Waals surface area contributed by atoms with Crippen LogP contribution in [-0.4, -0.2) is 10.7 Å². The molecule has 0 bridgehead atoms. The third-order valence-corrected chi connectivity index (χ3v) is 2.71. The maximum atomic E-state index is 12.4. The molecule has 18 heavy (non-hydrogen) atoms. The van der Waals surface area contributed by atoms with Crippen LogP contribution in [0, 0.1) is 5.92 Å². The van der Waals surface area contributed by atoms with Gasteiger partial charge in [0.2, 0.25) is 0 Å². The topological polar surface area (TPSA) is 20.2 Å². The van der Waals surface area contributed by atoms with Crippen molar-refractivity contribution in [3.63, 3.8) is 0 Å². The molecule has 0 saturated heterocycles. The third kappa shape index (κ3) is 4.69. The van der Waals surface area contributed by atoms with E-state index in [1.54, 1.807) is 6.92 Å². The monoisotopic (exact) mass is 260 g/mol. The summed E-state index contributed by atoms with van der Waals surface area (Å²) in [5, 5.41) is 10.1. The average molecular weight is 260 g/mol. The van der Waals surface area contributed by atoms with Gasteiger partial charge in [-0.1, -0.05) is 26.0 Å². The van der Waals surface area contributed by atoms with Crippen LogP contribution in [0.25, 0.3) is 0 Å². The summed E-state index contributed by atoms with van der Waals surface area (Å²) in [5.41, 5.74) is -0.822. The molecule has 1 atom stereocenters. The summed E-state index contributed by atoms with van der Waals surface area (Å²) in [6, 6.07) is 4.97. The van der Waals surface area contributed by atoms with E-state index in [4.69, 9.17) is 0 Å². The van der Waals surface area contributed by atoms with E-state index >= 15 is 0 Å². The van der Waals surface area contributed by atoms with E-state index in [9.17, 15) is 18.3 Å². The van der Waals surface area contributed by atoms with E-state index in [0.29, 0.717) is 24.3 Å². The van der Waals surface area contributed by atoms with Gasteiger partial charge in [0, 0.05) is 6.42 Å². The fourth-order valence-corrected chi connectivity index (χ4v) is 2.20. The van der Waals surface area contributed by atoms with Crippen LogP contribution < -0.4 is 0 Å². The number of rotatable bonds is 4. The third-order valence-electron chi connectivity index (χ3n) is 2.71. The fourth-order valence-electron chi connectivity index (χ4n) is 2.20. The van der Waals surface area contributed by atoms with Crippen molar-refractivity contribution in [3.8, 4) is 0 Å². The normalized spacial score (nSPS) is 15.8. The highest BCUT2D eigenvalue weighted by atomic mass is 19.4. The number of hydrogen-bond donors (Lipinski definition) is 1. The van der Waals surface area contributed by atoms with Gasteiger partial charge in [-0.2, -0.15) is 13.2 Å². The van der Waals surface area contributed by atoms with E-state index < -0.39 is 17.3 Å². The Kier molecular flexibility index (Phi) is 4.43. The first kappa shape index (κ1) is 15.0. The van der Waals surface area contributed by atoms with Crippen molar-refractivity contribution in [1.29, 1.82) is 0 Å². The second kappa shape index (κ2) is 5.31. The molecule has 1 rings (SSSR count). The molecule has 0 aliphatic carbocycles. The lowest BCUT2D eigenvalue weighted by atomic mass is 9.88. The van der Waals surface area contributed by atoms with E-state index in [1.165, 1.54) is 12.1 Å².